The monoisotopic (exact) mass is 377 g/mol. The number of rotatable bonds is 6. The minimum Gasteiger partial charge on any atom is -0.358 e. The van der Waals surface area contributed by atoms with Gasteiger partial charge in [-0.15, -0.1) is 0 Å². The van der Waals surface area contributed by atoms with E-state index in [0.717, 1.165) is 19.5 Å². The fourth-order valence-corrected chi connectivity index (χ4v) is 3.79. The number of quaternary nitrogens is 1. The summed E-state index contributed by atoms with van der Waals surface area (Å²) < 4.78 is 14.0. The Labute approximate surface area is 160 Å². The van der Waals surface area contributed by atoms with Gasteiger partial charge in [0.1, 0.15) is 11.4 Å². The fraction of sp³-hybridized carbons (Fsp3) is 0.600. The molecule has 1 aromatic carbocycles. The smallest absolute Gasteiger partial charge is 0.329 e. The lowest BCUT2D eigenvalue weighted by Crippen LogP contribution is -3.16. The van der Waals surface area contributed by atoms with E-state index in [2.05, 4.69) is 19.2 Å². The van der Waals surface area contributed by atoms with Crippen molar-refractivity contribution in [2.24, 2.45) is 5.92 Å². The minimum atomic E-state index is -0.796. The molecule has 148 valence electrons. The van der Waals surface area contributed by atoms with Crippen molar-refractivity contribution >= 4 is 17.6 Å². The number of piperazine rings is 1. The van der Waals surface area contributed by atoms with Gasteiger partial charge in [-0.1, -0.05) is 26.0 Å². The van der Waals surface area contributed by atoms with E-state index < -0.39 is 5.54 Å². The van der Waals surface area contributed by atoms with E-state index in [1.54, 1.807) is 12.1 Å². The Morgan fingerprint density at radius 3 is 2.52 bits per heavy atom. The Bertz CT molecular complexity index is 703. The van der Waals surface area contributed by atoms with Crippen molar-refractivity contribution in [3.8, 4) is 0 Å². The minimum absolute atomic E-state index is 0.128. The zero-order valence-corrected chi connectivity index (χ0v) is 16.4. The number of benzene rings is 1. The van der Waals surface area contributed by atoms with E-state index in [-0.39, 0.29) is 17.8 Å². The number of hydrogen-bond acceptors (Lipinski definition) is 3. The maximum Gasteiger partial charge on any atom is 0.329 e. The first-order valence-electron chi connectivity index (χ1n) is 9.77. The quantitative estimate of drug-likeness (QED) is 0.734. The van der Waals surface area contributed by atoms with Crippen molar-refractivity contribution in [2.45, 2.75) is 39.2 Å². The van der Waals surface area contributed by atoms with E-state index >= 15 is 0 Å². The predicted molar refractivity (Wildman–Crippen MR) is 102 cm³/mol. The molecule has 27 heavy (non-hydrogen) atoms. The molecule has 3 rings (SSSR count). The third kappa shape index (κ3) is 4.24. The summed E-state index contributed by atoms with van der Waals surface area (Å²) in [5.74, 6) is 0.144. The van der Waals surface area contributed by atoms with Gasteiger partial charge >= 0.3 is 6.03 Å². The first-order valence-corrected chi connectivity index (χ1v) is 9.77. The molecule has 7 heteroatoms. The van der Waals surface area contributed by atoms with Crippen LogP contribution in [0.15, 0.2) is 24.3 Å². The predicted octanol–water partition coefficient (Wildman–Crippen LogP) is 1.23. The number of para-hydroxylation sites is 1. The summed E-state index contributed by atoms with van der Waals surface area (Å²) in [7, 11) is 0. The number of hydrogen-bond donors (Lipinski definition) is 2. The summed E-state index contributed by atoms with van der Waals surface area (Å²) in [6, 6.07) is 6.49. The van der Waals surface area contributed by atoms with Gasteiger partial charge in [-0.3, -0.25) is 4.79 Å². The number of amides is 3. The maximum absolute atomic E-state index is 14.0. The molecule has 6 nitrogen and oxygen atoms in total. The second-order valence-electron chi connectivity index (χ2n) is 8.27. The highest BCUT2D eigenvalue weighted by molar-refractivity contribution is 6.06. The molecule has 3 amide bonds. The lowest BCUT2D eigenvalue weighted by atomic mass is 9.92. The van der Waals surface area contributed by atoms with Crippen LogP contribution < -0.4 is 15.1 Å². The molecule has 1 aromatic rings. The molecular weight excluding hydrogens is 347 g/mol. The van der Waals surface area contributed by atoms with Gasteiger partial charge in [-0.2, -0.15) is 0 Å². The van der Waals surface area contributed by atoms with Crippen LogP contribution in [0.5, 0.6) is 0 Å². The summed E-state index contributed by atoms with van der Waals surface area (Å²) >= 11 is 0. The van der Waals surface area contributed by atoms with Crippen LogP contribution in [0.25, 0.3) is 0 Å². The molecule has 0 aromatic heterocycles. The van der Waals surface area contributed by atoms with E-state index in [4.69, 9.17) is 0 Å². The van der Waals surface area contributed by atoms with Crippen LogP contribution >= 0.6 is 0 Å². The molecule has 0 aliphatic carbocycles. The standard InChI is InChI=1S/C20H29FN4O2/c1-15(2)8-9-20(3)18(26)25(19(27)22-20)14-23-10-12-24(13-11-23)17-7-5-4-6-16(17)21/h4-7,15H,8-14H2,1-3H3,(H,22,27)/p+1/t20-/m0/s1. The highest BCUT2D eigenvalue weighted by atomic mass is 19.1. The van der Waals surface area contributed by atoms with Crippen LogP contribution in [0.2, 0.25) is 0 Å². The van der Waals surface area contributed by atoms with Crippen molar-refractivity contribution in [3.05, 3.63) is 30.1 Å². The third-order valence-electron chi connectivity index (χ3n) is 5.61. The molecule has 1 atom stereocenters. The molecule has 2 heterocycles. The molecule has 2 fully saturated rings. The van der Waals surface area contributed by atoms with Crippen LogP contribution in [0.1, 0.15) is 33.6 Å². The van der Waals surface area contributed by atoms with Gasteiger partial charge in [0.15, 0.2) is 6.67 Å². The van der Waals surface area contributed by atoms with Gasteiger partial charge in [0.05, 0.1) is 31.9 Å². The lowest BCUT2D eigenvalue weighted by Gasteiger charge is -2.34. The van der Waals surface area contributed by atoms with Crippen molar-refractivity contribution in [3.63, 3.8) is 0 Å². The average Bonchev–Trinajstić information content (AvgIpc) is 2.85. The van der Waals surface area contributed by atoms with Crippen LogP contribution in [0, 0.1) is 11.7 Å². The first kappa shape index (κ1) is 19.6. The van der Waals surface area contributed by atoms with Crippen LogP contribution in [0.4, 0.5) is 14.9 Å². The molecule has 2 N–H and O–H groups in total. The van der Waals surface area contributed by atoms with E-state index in [1.165, 1.54) is 15.9 Å². The third-order valence-corrected chi connectivity index (χ3v) is 5.61. The summed E-state index contributed by atoms with van der Waals surface area (Å²) in [5.41, 5.74) is -0.178. The Balaban J connectivity index is 1.56. The SMILES string of the molecule is CC(C)CC[C@]1(C)NC(=O)N(C[NH+]2CCN(c3ccccc3F)CC2)C1=O. The van der Waals surface area contributed by atoms with Crippen LogP contribution in [-0.2, 0) is 4.79 Å². The molecule has 2 aliphatic rings. The van der Waals surface area contributed by atoms with Crippen molar-refractivity contribution in [1.29, 1.82) is 0 Å². The van der Waals surface area contributed by atoms with E-state index in [0.29, 0.717) is 37.8 Å². The number of urea groups is 1. The second kappa shape index (κ2) is 7.84. The van der Waals surface area contributed by atoms with Gasteiger partial charge in [-0.25, -0.2) is 14.1 Å². The molecule has 2 aliphatic heterocycles. The van der Waals surface area contributed by atoms with Gasteiger partial charge in [0.25, 0.3) is 5.91 Å². The first-order chi connectivity index (χ1) is 12.8. The molecule has 0 bridgehead atoms. The van der Waals surface area contributed by atoms with E-state index in [1.807, 2.05) is 17.9 Å². The number of nitrogens with zero attached hydrogens (tertiary/aromatic N) is 2. The average molecular weight is 377 g/mol. The summed E-state index contributed by atoms with van der Waals surface area (Å²) in [5, 5.41) is 2.88. The Morgan fingerprint density at radius 1 is 1.22 bits per heavy atom. The van der Waals surface area contributed by atoms with Gasteiger partial charge in [0, 0.05) is 0 Å². The number of imide groups is 1. The normalized spacial score (nSPS) is 24.0. The van der Waals surface area contributed by atoms with Gasteiger partial charge in [0.2, 0.25) is 0 Å². The van der Waals surface area contributed by atoms with Crippen molar-refractivity contribution < 1.29 is 18.9 Å². The van der Waals surface area contributed by atoms with Gasteiger partial charge in [-0.05, 0) is 37.8 Å². The number of carbonyl (C=O) groups excluding carboxylic acids is 2. The van der Waals surface area contributed by atoms with Crippen LogP contribution in [-0.4, -0.2) is 55.2 Å². The lowest BCUT2D eigenvalue weighted by molar-refractivity contribution is -0.907. The number of carbonyl (C=O) groups is 2. The topological polar surface area (TPSA) is 57.1 Å². The Kier molecular flexibility index (Phi) is 5.69. The fourth-order valence-electron chi connectivity index (χ4n) is 3.79. The summed E-state index contributed by atoms with van der Waals surface area (Å²) in [6.45, 7) is 9.33. The summed E-state index contributed by atoms with van der Waals surface area (Å²) in [4.78, 5) is 29.7. The largest absolute Gasteiger partial charge is 0.358 e. The molecule has 0 unspecified atom stereocenters. The van der Waals surface area contributed by atoms with Crippen LogP contribution in [0.3, 0.4) is 0 Å². The Hall–Kier alpha value is -2.15. The number of halogens is 1. The highest BCUT2D eigenvalue weighted by Gasteiger charge is 2.48. The molecule has 0 spiro atoms. The zero-order valence-electron chi connectivity index (χ0n) is 16.4. The molecular formula is C20H30FN4O2+. The summed E-state index contributed by atoms with van der Waals surface area (Å²) in [6.07, 6.45) is 1.55. The zero-order chi connectivity index (χ0) is 19.6. The molecule has 0 saturated carbocycles. The number of anilines is 1. The van der Waals surface area contributed by atoms with Crippen molar-refractivity contribution in [1.82, 2.24) is 10.2 Å². The van der Waals surface area contributed by atoms with Gasteiger partial charge < -0.3 is 15.1 Å². The van der Waals surface area contributed by atoms with E-state index in [9.17, 15) is 14.0 Å². The maximum atomic E-state index is 14.0. The van der Waals surface area contributed by atoms with Crippen molar-refractivity contribution in [2.75, 3.05) is 37.7 Å². The highest BCUT2D eigenvalue weighted by Crippen LogP contribution is 2.24. The second-order valence-corrected chi connectivity index (χ2v) is 8.27. The molecule has 0 radical (unpaired) electrons. The molecule has 2 saturated heterocycles. The Morgan fingerprint density at radius 2 is 1.89 bits per heavy atom. The number of nitrogens with one attached hydrogen (secondary N) is 2.